The van der Waals surface area contributed by atoms with Crippen molar-refractivity contribution in [2.45, 2.75) is 17.8 Å². The number of hydrogen-bond donors (Lipinski definition) is 2. The monoisotopic (exact) mass is 426 g/mol. The molecule has 1 aliphatic rings. The van der Waals surface area contributed by atoms with E-state index >= 15 is 0 Å². The Morgan fingerprint density at radius 3 is 2.75 bits per heavy atom. The molecule has 0 aliphatic carbocycles. The second kappa shape index (κ2) is 8.57. The van der Waals surface area contributed by atoms with Crippen LogP contribution in [0.4, 0.5) is 18.9 Å². The van der Waals surface area contributed by atoms with Gasteiger partial charge < -0.3 is 10.6 Å². The van der Waals surface area contributed by atoms with E-state index in [2.05, 4.69) is 20.8 Å². The number of benzene rings is 1. The van der Waals surface area contributed by atoms with Crippen LogP contribution in [0, 0.1) is 0 Å². The van der Waals surface area contributed by atoms with Gasteiger partial charge in [0, 0.05) is 11.3 Å². The summed E-state index contributed by atoms with van der Waals surface area (Å²) >= 11 is 2.47. The number of alkyl halides is 3. The summed E-state index contributed by atoms with van der Waals surface area (Å²) in [5.74, 6) is -1.15. The summed E-state index contributed by atoms with van der Waals surface area (Å²) in [7, 11) is 0. The molecule has 146 valence electrons. The molecule has 1 atom stereocenters. The number of nitrogens with one attached hydrogen (secondary N) is 2. The molecular weight excluding hydrogens is 413 g/mol. The third kappa shape index (κ3) is 5.20. The van der Waals surface area contributed by atoms with Crippen LogP contribution in [0.2, 0.25) is 0 Å². The Morgan fingerprint density at radius 2 is 2.04 bits per heavy atom. The van der Waals surface area contributed by atoms with Gasteiger partial charge in [0.1, 0.15) is 5.25 Å². The maximum atomic E-state index is 13.0. The number of para-hydroxylation sites is 1. The molecule has 11 heteroatoms. The second-order valence-electron chi connectivity index (χ2n) is 5.56. The van der Waals surface area contributed by atoms with E-state index in [1.54, 1.807) is 0 Å². The minimum absolute atomic E-state index is 0.228. The van der Waals surface area contributed by atoms with E-state index in [-0.39, 0.29) is 17.3 Å². The molecule has 2 amide bonds. The van der Waals surface area contributed by atoms with Crippen molar-refractivity contribution in [2.75, 3.05) is 5.32 Å². The summed E-state index contributed by atoms with van der Waals surface area (Å²) in [4.78, 5) is 25.0. The van der Waals surface area contributed by atoms with Crippen molar-refractivity contribution in [3.8, 4) is 0 Å². The zero-order valence-corrected chi connectivity index (χ0v) is 15.7. The average Bonchev–Trinajstić information content (AvgIpc) is 3.25. The van der Waals surface area contributed by atoms with E-state index in [1.165, 1.54) is 29.7 Å². The van der Waals surface area contributed by atoms with Crippen molar-refractivity contribution >= 4 is 52.0 Å². The van der Waals surface area contributed by atoms with Crippen molar-refractivity contribution in [1.29, 1.82) is 0 Å². The summed E-state index contributed by atoms with van der Waals surface area (Å²) in [5.41, 5.74) is -1.30. The lowest BCUT2D eigenvalue weighted by Crippen LogP contribution is -2.28. The molecule has 0 spiro atoms. The Balaban J connectivity index is 1.60. The van der Waals surface area contributed by atoms with Crippen molar-refractivity contribution in [2.24, 2.45) is 10.2 Å². The van der Waals surface area contributed by atoms with Crippen LogP contribution in [-0.2, 0) is 15.8 Å². The van der Waals surface area contributed by atoms with Crippen LogP contribution in [-0.4, -0.2) is 28.4 Å². The standard InChI is InChI=1S/C17H13F3N4O2S2/c18-17(19,20)11-5-1-2-6-12(11)22-14(25)8-13-15(26)23-16(28-13)24-21-9-10-4-3-7-27-10/h1-7,9,13H,8H2,(H,22,25)(H,23,24,26)/b21-9-/t13-/m1/s1. The zero-order chi connectivity index (χ0) is 20.1. The number of thioether (sulfide) groups is 1. The predicted octanol–water partition coefficient (Wildman–Crippen LogP) is 3.72. The van der Waals surface area contributed by atoms with Gasteiger partial charge in [-0.25, -0.2) is 0 Å². The molecule has 0 radical (unpaired) electrons. The zero-order valence-electron chi connectivity index (χ0n) is 14.1. The summed E-state index contributed by atoms with van der Waals surface area (Å²) in [6, 6.07) is 8.37. The lowest BCUT2D eigenvalue weighted by Gasteiger charge is -2.14. The number of anilines is 1. The van der Waals surface area contributed by atoms with Crippen LogP contribution >= 0.6 is 23.1 Å². The fourth-order valence-corrected chi connectivity index (χ4v) is 3.80. The van der Waals surface area contributed by atoms with E-state index in [9.17, 15) is 22.8 Å². The highest BCUT2D eigenvalue weighted by Gasteiger charge is 2.35. The highest BCUT2D eigenvalue weighted by molar-refractivity contribution is 8.15. The first kappa shape index (κ1) is 20.1. The number of hydrogen-bond acceptors (Lipinski definition) is 6. The molecule has 1 saturated heterocycles. The average molecular weight is 426 g/mol. The van der Waals surface area contributed by atoms with Crippen LogP contribution in [0.15, 0.2) is 52.0 Å². The first-order chi connectivity index (χ1) is 13.3. The summed E-state index contributed by atoms with van der Waals surface area (Å²) in [6.07, 6.45) is -3.36. The summed E-state index contributed by atoms with van der Waals surface area (Å²) in [5, 5.41) is 13.8. The Morgan fingerprint density at radius 1 is 1.25 bits per heavy atom. The van der Waals surface area contributed by atoms with Crippen LogP contribution < -0.4 is 10.6 Å². The molecule has 0 bridgehead atoms. The van der Waals surface area contributed by atoms with Gasteiger partial charge in [-0.05, 0) is 23.6 Å². The topological polar surface area (TPSA) is 82.9 Å². The van der Waals surface area contributed by atoms with Gasteiger partial charge in [0.2, 0.25) is 11.8 Å². The largest absolute Gasteiger partial charge is 0.418 e. The maximum Gasteiger partial charge on any atom is 0.418 e. The lowest BCUT2D eigenvalue weighted by atomic mass is 10.1. The Kier molecular flexibility index (Phi) is 6.15. The van der Waals surface area contributed by atoms with E-state index in [4.69, 9.17) is 0 Å². The minimum Gasteiger partial charge on any atom is -0.325 e. The second-order valence-corrected chi connectivity index (χ2v) is 7.73. The number of amidine groups is 1. The van der Waals surface area contributed by atoms with Crippen molar-refractivity contribution in [3.63, 3.8) is 0 Å². The normalized spacial score (nSPS) is 18.6. The lowest BCUT2D eigenvalue weighted by molar-refractivity contribution is -0.137. The van der Waals surface area contributed by atoms with E-state index in [1.807, 2.05) is 17.5 Å². The Bertz CT molecular complexity index is 927. The van der Waals surface area contributed by atoms with Gasteiger partial charge in [-0.3, -0.25) is 9.59 Å². The molecule has 1 aromatic carbocycles. The van der Waals surface area contributed by atoms with Gasteiger partial charge in [-0.1, -0.05) is 30.0 Å². The van der Waals surface area contributed by atoms with Gasteiger partial charge in [0.15, 0.2) is 5.17 Å². The summed E-state index contributed by atoms with van der Waals surface area (Å²) < 4.78 is 39.0. The molecular formula is C17H13F3N4O2S2. The van der Waals surface area contributed by atoms with Crippen molar-refractivity contribution < 1.29 is 22.8 Å². The van der Waals surface area contributed by atoms with E-state index in [0.717, 1.165) is 28.8 Å². The van der Waals surface area contributed by atoms with Crippen LogP contribution in [0.3, 0.4) is 0 Å². The fourth-order valence-electron chi connectivity index (χ4n) is 2.30. The molecule has 2 heterocycles. The number of carbonyl (C=O) groups excluding carboxylic acids is 2. The molecule has 2 N–H and O–H groups in total. The third-order valence-corrected chi connectivity index (χ3v) is 5.41. The van der Waals surface area contributed by atoms with Crippen molar-refractivity contribution in [1.82, 2.24) is 5.32 Å². The van der Waals surface area contributed by atoms with Gasteiger partial charge in [0.25, 0.3) is 0 Å². The van der Waals surface area contributed by atoms with Crippen molar-refractivity contribution in [3.05, 3.63) is 52.2 Å². The number of carbonyl (C=O) groups is 2. The first-order valence-electron chi connectivity index (χ1n) is 7.91. The fraction of sp³-hybridized carbons (Fsp3) is 0.176. The third-order valence-electron chi connectivity index (χ3n) is 3.53. The summed E-state index contributed by atoms with van der Waals surface area (Å²) in [6.45, 7) is 0. The number of thiophene rings is 1. The Hall–Kier alpha value is -2.66. The van der Waals surface area contributed by atoms with Gasteiger partial charge >= 0.3 is 6.18 Å². The molecule has 1 aromatic heterocycles. The molecule has 1 fully saturated rings. The molecule has 0 saturated carbocycles. The molecule has 2 aromatic rings. The van der Waals surface area contributed by atoms with E-state index < -0.39 is 28.8 Å². The van der Waals surface area contributed by atoms with Gasteiger partial charge in [-0.15, -0.1) is 16.4 Å². The van der Waals surface area contributed by atoms with Gasteiger partial charge in [0.05, 0.1) is 17.5 Å². The number of rotatable bonds is 5. The quantitative estimate of drug-likeness (QED) is 0.565. The smallest absolute Gasteiger partial charge is 0.325 e. The number of amides is 2. The Labute approximate surface area is 165 Å². The molecule has 0 unspecified atom stereocenters. The maximum absolute atomic E-state index is 13.0. The van der Waals surface area contributed by atoms with Crippen LogP contribution in [0.25, 0.3) is 0 Å². The highest BCUT2D eigenvalue weighted by Crippen LogP contribution is 2.34. The number of nitrogens with zero attached hydrogens (tertiary/aromatic N) is 2. The molecule has 1 aliphatic heterocycles. The van der Waals surface area contributed by atoms with Crippen LogP contribution in [0.1, 0.15) is 16.9 Å². The molecule has 3 rings (SSSR count). The van der Waals surface area contributed by atoms with Gasteiger partial charge in [-0.2, -0.15) is 18.3 Å². The molecule has 6 nitrogen and oxygen atoms in total. The van der Waals surface area contributed by atoms with Crippen LogP contribution in [0.5, 0.6) is 0 Å². The molecule has 28 heavy (non-hydrogen) atoms. The predicted molar refractivity (Wildman–Crippen MR) is 104 cm³/mol. The minimum atomic E-state index is -4.59. The number of halogens is 3. The first-order valence-corrected chi connectivity index (χ1v) is 9.67. The highest BCUT2D eigenvalue weighted by atomic mass is 32.2. The SMILES string of the molecule is O=C(C[C@H]1S/C(=N/N=C\c2cccs2)NC1=O)Nc1ccccc1C(F)(F)F. The van der Waals surface area contributed by atoms with E-state index in [0.29, 0.717) is 0 Å².